The van der Waals surface area contributed by atoms with E-state index in [0.29, 0.717) is 13.1 Å². The summed E-state index contributed by atoms with van der Waals surface area (Å²) in [4.78, 5) is 28.1. The molecule has 2 N–H and O–H groups in total. The second-order valence-electron chi connectivity index (χ2n) is 6.01. The average molecular weight is 303 g/mol. The molecule has 2 heterocycles. The fraction of sp³-hybridized carbons (Fsp3) is 0.500. The van der Waals surface area contributed by atoms with Gasteiger partial charge in [-0.2, -0.15) is 0 Å². The van der Waals surface area contributed by atoms with Crippen molar-refractivity contribution >= 4 is 11.8 Å². The number of amides is 2. The summed E-state index contributed by atoms with van der Waals surface area (Å²) in [7, 11) is 0. The van der Waals surface area contributed by atoms with Gasteiger partial charge in [0.05, 0.1) is 6.61 Å². The fourth-order valence-electron chi connectivity index (χ4n) is 3.08. The number of aliphatic hydroxyl groups excluding tert-OH is 1. The number of benzene rings is 1. The van der Waals surface area contributed by atoms with Gasteiger partial charge in [0.25, 0.3) is 0 Å². The summed E-state index contributed by atoms with van der Waals surface area (Å²) < 4.78 is 0. The maximum absolute atomic E-state index is 12.2. The SMILES string of the molecule is Cc1ccc(CN2CCN3C(=O)[C@H](CO)NC(=O)[C@H]3C2)cc1. The largest absolute Gasteiger partial charge is 0.394 e. The third-order valence-corrected chi connectivity index (χ3v) is 4.37. The summed E-state index contributed by atoms with van der Waals surface area (Å²) in [5.41, 5.74) is 2.43. The number of carbonyl (C=O) groups excluding carboxylic acids is 2. The molecule has 3 rings (SSSR count). The van der Waals surface area contributed by atoms with Crippen LogP contribution >= 0.6 is 0 Å². The number of hydrogen-bond donors (Lipinski definition) is 2. The molecular weight excluding hydrogens is 282 g/mol. The van der Waals surface area contributed by atoms with E-state index in [2.05, 4.69) is 41.4 Å². The van der Waals surface area contributed by atoms with Crippen LogP contribution in [0.15, 0.2) is 24.3 Å². The summed E-state index contributed by atoms with van der Waals surface area (Å²) >= 11 is 0. The zero-order valence-electron chi connectivity index (χ0n) is 12.7. The van der Waals surface area contributed by atoms with Gasteiger partial charge in [0.2, 0.25) is 11.8 Å². The van der Waals surface area contributed by atoms with Crippen molar-refractivity contribution < 1.29 is 14.7 Å². The van der Waals surface area contributed by atoms with E-state index in [1.807, 2.05) is 0 Å². The van der Waals surface area contributed by atoms with Crippen LogP contribution < -0.4 is 5.32 Å². The smallest absolute Gasteiger partial charge is 0.248 e. The standard InChI is InChI=1S/C16H21N3O3/c1-11-2-4-12(5-3-11)8-18-6-7-19-14(9-18)15(21)17-13(10-20)16(19)22/h2-5,13-14,20H,6-10H2,1H3,(H,17,21)/t13-,14+/m0/s1. The van der Waals surface area contributed by atoms with Crippen molar-refractivity contribution in [3.8, 4) is 0 Å². The molecule has 2 fully saturated rings. The van der Waals surface area contributed by atoms with Gasteiger partial charge in [-0.15, -0.1) is 0 Å². The average Bonchev–Trinajstić information content (AvgIpc) is 2.53. The highest BCUT2D eigenvalue weighted by atomic mass is 16.3. The van der Waals surface area contributed by atoms with Crippen LogP contribution in [0.25, 0.3) is 0 Å². The first-order valence-corrected chi connectivity index (χ1v) is 7.58. The Morgan fingerprint density at radius 1 is 1.23 bits per heavy atom. The third-order valence-electron chi connectivity index (χ3n) is 4.37. The normalized spacial score (nSPS) is 25.8. The second kappa shape index (κ2) is 6.06. The van der Waals surface area contributed by atoms with E-state index in [1.54, 1.807) is 4.90 Å². The Morgan fingerprint density at radius 3 is 2.64 bits per heavy atom. The molecule has 0 aromatic heterocycles. The number of carbonyl (C=O) groups is 2. The molecule has 0 saturated carbocycles. The Kier molecular flexibility index (Phi) is 4.13. The van der Waals surface area contributed by atoms with Gasteiger partial charge in [-0.3, -0.25) is 14.5 Å². The minimum absolute atomic E-state index is 0.174. The molecule has 6 nitrogen and oxygen atoms in total. The zero-order chi connectivity index (χ0) is 15.7. The van der Waals surface area contributed by atoms with Crippen molar-refractivity contribution in [3.63, 3.8) is 0 Å². The molecule has 0 unspecified atom stereocenters. The number of rotatable bonds is 3. The number of hydrogen-bond acceptors (Lipinski definition) is 4. The number of nitrogens with one attached hydrogen (secondary N) is 1. The minimum Gasteiger partial charge on any atom is -0.394 e. The Hall–Kier alpha value is -1.92. The molecule has 2 aliphatic rings. The van der Waals surface area contributed by atoms with Crippen molar-refractivity contribution in [2.75, 3.05) is 26.2 Å². The van der Waals surface area contributed by atoms with Crippen molar-refractivity contribution in [1.82, 2.24) is 15.1 Å². The quantitative estimate of drug-likeness (QED) is 0.789. The summed E-state index contributed by atoms with van der Waals surface area (Å²) in [6.07, 6.45) is 0. The molecule has 2 amide bonds. The van der Waals surface area contributed by atoms with Crippen molar-refractivity contribution in [2.45, 2.75) is 25.6 Å². The molecule has 0 radical (unpaired) electrons. The molecule has 1 aromatic rings. The predicted octanol–water partition coefficient (Wildman–Crippen LogP) is -0.501. The number of fused-ring (bicyclic) bond motifs is 1. The fourth-order valence-corrected chi connectivity index (χ4v) is 3.08. The van der Waals surface area contributed by atoms with E-state index < -0.39 is 12.1 Å². The molecular formula is C16H21N3O3. The Bertz CT molecular complexity index is 573. The van der Waals surface area contributed by atoms with Crippen LogP contribution in [0.3, 0.4) is 0 Å². The minimum atomic E-state index is -0.785. The summed E-state index contributed by atoms with van der Waals surface area (Å²) in [6, 6.07) is 7.11. The highest BCUT2D eigenvalue weighted by Crippen LogP contribution is 2.18. The molecule has 0 aliphatic carbocycles. The van der Waals surface area contributed by atoms with Gasteiger partial charge in [-0.1, -0.05) is 29.8 Å². The highest BCUT2D eigenvalue weighted by molar-refractivity contribution is 5.97. The van der Waals surface area contributed by atoms with Crippen LogP contribution in [0.1, 0.15) is 11.1 Å². The maximum atomic E-state index is 12.2. The molecule has 0 spiro atoms. The molecule has 22 heavy (non-hydrogen) atoms. The molecule has 118 valence electrons. The van der Waals surface area contributed by atoms with Crippen LogP contribution in [0.2, 0.25) is 0 Å². The Balaban J connectivity index is 1.67. The molecule has 2 atom stereocenters. The number of aryl methyl sites for hydroxylation is 1. The summed E-state index contributed by atoms with van der Waals surface area (Å²) in [5, 5.41) is 11.8. The Morgan fingerprint density at radius 2 is 1.95 bits per heavy atom. The molecule has 2 aliphatic heterocycles. The first-order chi connectivity index (χ1) is 10.6. The zero-order valence-corrected chi connectivity index (χ0v) is 12.7. The maximum Gasteiger partial charge on any atom is 0.248 e. The lowest BCUT2D eigenvalue weighted by Gasteiger charge is -2.45. The van der Waals surface area contributed by atoms with Crippen LogP contribution in [-0.2, 0) is 16.1 Å². The van der Waals surface area contributed by atoms with Gasteiger partial charge in [-0.25, -0.2) is 0 Å². The van der Waals surface area contributed by atoms with Gasteiger partial charge in [0.1, 0.15) is 12.1 Å². The van der Waals surface area contributed by atoms with Gasteiger partial charge >= 0.3 is 0 Å². The van der Waals surface area contributed by atoms with Crippen molar-refractivity contribution in [3.05, 3.63) is 35.4 Å². The van der Waals surface area contributed by atoms with Crippen molar-refractivity contribution in [2.24, 2.45) is 0 Å². The van der Waals surface area contributed by atoms with Gasteiger partial charge in [-0.05, 0) is 12.5 Å². The van der Waals surface area contributed by atoms with Gasteiger partial charge in [0.15, 0.2) is 0 Å². The van der Waals surface area contributed by atoms with Gasteiger partial charge < -0.3 is 15.3 Å². The number of piperazine rings is 2. The molecule has 6 heteroatoms. The first kappa shape index (κ1) is 15.0. The van der Waals surface area contributed by atoms with Crippen LogP contribution in [0.5, 0.6) is 0 Å². The summed E-state index contributed by atoms with van der Waals surface area (Å²) in [5.74, 6) is -0.352. The van der Waals surface area contributed by atoms with Crippen LogP contribution in [-0.4, -0.2) is 65.0 Å². The highest BCUT2D eigenvalue weighted by Gasteiger charge is 2.42. The van der Waals surface area contributed by atoms with Crippen LogP contribution in [0, 0.1) is 6.92 Å². The number of aliphatic hydroxyl groups is 1. The van der Waals surface area contributed by atoms with E-state index in [9.17, 15) is 9.59 Å². The lowest BCUT2D eigenvalue weighted by atomic mass is 10.0. The van der Waals surface area contributed by atoms with E-state index >= 15 is 0 Å². The van der Waals surface area contributed by atoms with E-state index in [0.717, 1.165) is 13.1 Å². The summed E-state index contributed by atoms with van der Waals surface area (Å²) in [6.45, 7) is 4.28. The first-order valence-electron chi connectivity index (χ1n) is 7.58. The molecule has 0 bridgehead atoms. The topological polar surface area (TPSA) is 72.9 Å². The number of nitrogens with zero attached hydrogens (tertiary/aromatic N) is 2. The Labute approximate surface area is 129 Å². The second-order valence-corrected chi connectivity index (χ2v) is 6.01. The third kappa shape index (κ3) is 2.84. The van der Waals surface area contributed by atoms with E-state index in [1.165, 1.54) is 11.1 Å². The van der Waals surface area contributed by atoms with Gasteiger partial charge in [0, 0.05) is 26.2 Å². The lowest BCUT2D eigenvalue weighted by molar-refractivity contribution is -0.154. The van der Waals surface area contributed by atoms with Crippen LogP contribution in [0.4, 0.5) is 0 Å². The van der Waals surface area contributed by atoms with E-state index in [4.69, 9.17) is 5.11 Å². The molecule has 1 aromatic carbocycles. The lowest BCUT2D eigenvalue weighted by Crippen LogP contribution is -2.69. The molecule has 2 saturated heterocycles. The predicted molar refractivity (Wildman–Crippen MR) is 81.0 cm³/mol. The van der Waals surface area contributed by atoms with E-state index in [-0.39, 0.29) is 18.4 Å². The van der Waals surface area contributed by atoms with Crippen molar-refractivity contribution in [1.29, 1.82) is 0 Å². The monoisotopic (exact) mass is 303 g/mol.